The number of hydrogen-bond acceptors (Lipinski definition) is 11. The van der Waals surface area contributed by atoms with Crippen molar-refractivity contribution in [3.63, 3.8) is 0 Å². The van der Waals surface area contributed by atoms with Crippen LogP contribution in [0.1, 0.15) is 101 Å². The minimum Gasteiger partial charge on any atom is -0.479 e. The van der Waals surface area contributed by atoms with Gasteiger partial charge in [0.25, 0.3) is 5.91 Å². The van der Waals surface area contributed by atoms with Gasteiger partial charge in [-0.3, -0.25) is 19.1 Å². The highest BCUT2D eigenvalue weighted by Gasteiger charge is 2.63. The van der Waals surface area contributed by atoms with Crippen LogP contribution >= 0.6 is 0 Å². The summed E-state index contributed by atoms with van der Waals surface area (Å²) in [7, 11) is -2.65. The first kappa shape index (κ1) is 32.7. The molecule has 2 aliphatic heterocycles. The molecule has 4 aliphatic rings. The summed E-state index contributed by atoms with van der Waals surface area (Å²) in [5.74, 6) is -3.38. The van der Waals surface area contributed by atoms with E-state index < -0.39 is 93.5 Å². The number of nitrogens with zero attached hydrogens (tertiary/aromatic N) is 3. The molecule has 2 aromatic rings. The number of aromatic nitrogens is 2. The molecule has 16 heteroatoms. The van der Waals surface area contributed by atoms with Crippen molar-refractivity contribution in [1.29, 1.82) is 0 Å². The molecule has 1 saturated heterocycles. The van der Waals surface area contributed by atoms with Crippen LogP contribution in [0, 0.1) is 17.8 Å². The highest BCUT2D eigenvalue weighted by Crippen LogP contribution is 2.47. The molecule has 3 N–H and O–H groups in total. The van der Waals surface area contributed by atoms with Crippen LogP contribution in [0.3, 0.4) is 0 Å². The molecule has 300 valence electrons. The molecule has 3 heterocycles. The van der Waals surface area contributed by atoms with Gasteiger partial charge in [-0.15, -0.1) is 10.2 Å². The second-order valence-electron chi connectivity index (χ2n) is 15.8. The van der Waals surface area contributed by atoms with Crippen molar-refractivity contribution in [2.24, 2.45) is 17.8 Å². The van der Waals surface area contributed by atoms with Crippen molar-refractivity contribution in [1.82, 2.24) is 30.5 Å². The van der Waals surface area contributed by atoms with Crippen molar-refractivity contribution in [3.05, 3.63) is 36.4 Å². The van der Waals surface area contributed by atoms with Crippen molar-refractivity contribution >= 4 is 44.6 Å². The van der Waals surface area contributed by atoms with Crippen LogP contribution in [-0.2, 0) is 29.1 Å². The Bertz CT molecular complexity index is 2170. The van der Waals surface area contributed by atoms with Crippen LogP contribution in [-0.4, -0.2) is 95.1 Å². The van der Waals surface area contributed by atoms with E-state index in [1.165, 1.54) is 18.9 Å². The summed E-state index contributed by atoms with van der Waals surface area (Å²) in [5.41, 5.74) is -4.61. The molecule has 7 atom stereocenters. The van der Waals surface area contributed by atoms with Crippen LogP contribution in [0.25, 0.3) is 10.8 Å². The van der Waals surface area contributed by atoms with Gasteiger partial charge in [0.1, 0.15) is 29.3 Å². The van der Waals surface area contributed by atoms with E-state index in [4.69, 9.17) is 22.4 Å². The summed E-state index contributed by atoms with van der Waals surface area (Å²) in [6, 6.07) is 4.21. The van der Waals surface area contributed by atoms with E-state index in [1.807, 2.05) is 13.0 Å². The lowest BCUT2D eigenvalue weighted by Crippen LogP contribution is -2.59. The second-order valence-corrected chi connectivity index (χ2v) is 18.0. The Balaban J connectivity index is 1.39. The second kappa shape index (κ2) is 15.2. The molecule has 4 amide bonds. The Labute approximate surface area is 331 Å². The van der Waals surface area contributed by atoms with Gasteiger partial charge in [-0.2, -0.15) is 0 Å². The Morgan fingerprint density at radius 3 is 2.47 bits per heavy atom. The Kier molecular flexibility index (Phi) is 9.06. The maximum atomic E-state index is 15.1. The topological polar surface area (TPSA) is 195 Å². The maximum absolute atomic E-state index is 15.1. The normalized spacial score (nSPS) is 32.1. The van der Waals surface area contributed by atoms with E-state index in [9.17, 15) is 22.8 Å². The minimum atomic E-state index is -4.09. The molecule has 55 heavy (non-hydrogen) atoms. The van der Waals surface area contributed by atoms with Gasteiger partial charge >= 0.3 is 6.09 Å². The van der Waals surface area contributed by atoms with Crippen molar-refractivity contribution < 1.29 is 50.0 Å². The summed E-state index contributed by atoms with van der Waals surface area (Å²) < 4.78 is 92.0. The third-order valence-corrected chi connectivity index (χ3v) is 13.4. The van der Waals surface area contributed by atoms with Crippen molar-refractivity contribution in [2.75, 3.05) is 13.7 Å². The molecule has 0 spiro atoms. The van der Waals surface area contributed by atoms with E-state index in [0.717, 1.165) is 6.92 Å². The Morgan fingerprint density at radius 1 is 1.13 bits per heavy atom. The number of sulfonamides is 1. The summed E-state index contributed by atoms with van der Waals surface area (Å²) in [5, 5.41) is 14.7. The lowest BCUT2D eigenvalue weighted by atomic mass is 9.85. The Hall–Kier alpha value is -4.47. The average molecular weight is 789 g/mol. The van der Waals surface area contributed by atoms with E-state index in [-0.39, 0.29) is 37.1 Å². The van der Waals surface area contributed by atoms with Crippen molar-refractivity contribution in [3.8, 4) is 11.8 Å². The summed E-state index contributed by atoms with van der Waals surface area (Å²) >= 11 is 0. The van der Waals surface area contributed by atoms with E-state index >= 15 is 4.79 Å². The molecule has 0 radical (unpaired) electrons. The summed E-state index contributed by atoms with van der Waals surface area (Å²) in [4.78, 5) is 58.6. The number of amides is 4. The van der Waals surface area contributed by atoms with Gasteiger partial charge < -0.3 is 29.7 Å². The number of methoxy groups -OCH3 is 1. The predicted octanol–water partition coefficient (Wildman–Crippen LogP) is 4.16. The first-order valence-electron chi connectivity index (χ1n) is 21.7. The zero-order valence-corrected chi connectivity index (χ0v) is 32.5. The zero-order chi connectivity index (χ0) is 44.9. The molecule has 2 saturated carbocycles. The number of hydrogen-bond donors (Lipinski definition) is 3. The first-order chi connectivity index (χ1) is 28.4. The van der Waals surface area contributed by atoms with E-state index in [0.29, 0.717) is 49.3 Å². The molecule has 1 unspecified atom stereocenters. The molecule has 1 aromatic carbocycles. The molecule has 2 aliphatic carbocycles. The highest BCUT2D eigenvalue weighted by molar-refractivity contribution is 7.91. The Morgan fingerprint density at radius 2 is 1.82 bits per heavy atom. The number of benzene rings is 1. The first-order valence-corrected chi connectivity index (χ1v) is 20.2. The van der Waals surface area contributed by atoms with Gasteiger partial charge in [0.05, 0.1) is 29.2 Å². The highest BCUT2D eigenvalue weighted by atomic mass is 32.2. The van der Waals surface area contributed by atoms with Crippen LogP contribution in [0.2, 0.25) is 0 Å². The molecule has 15 nitrogen and oxygen atoms in total. The van der Waals surface area contributed by atoms with Gasteiger partial charge in [0.2, 0.25) is 33.6 Å². The number of carbonyl (C=O) groups is 4. The number of ether oxygens (including phenoxy) is 3. The van der Waals surface area contributed by atoms with Gasteiger partial charge in [-0.25, -0.2) is 13.2 Å². The molecular weight excluding hydrogens is 729 g/mol. The molecule has 0 bridgehead atoms. The average Bonchev–Trinajstić information content (AvgIpc) is 4.06. The molecular formula is C39H54N6O9S. The smallest absolute Gasteiger partial charge is 0.408 e. The number of fused-ring (bicyclic) bond motifs is 3. The van der Waals surface area contributed by atoms with Crippen LogP contribution in [0.5, 0.6) is 11.8 Å². The molecule has 6 rings (SSSR count). The van der Waals surface area contributed by atoms with Crippen LogP contribution in [0.4, 0.5) is 4.79 Å². The van der Waals surface area contributed by atoms with Gasteiger partial charge in [-0.05, 0) is 90.0 Å². The lowest BCUT2D eigenvalue weighted by molar-refractivity contribution is -0.142. The largest absolute Gasteiger partial charge is 0.479 e. The van der Waals surface area contributed by atoms with Crippen LogP contribution < -0.4 is 24.8 Å². The third kappa shape index (κ3) is 8.53. The predicted molar refractivity (Wildman–Crippen MR) is 203 cm³/mol. The van der Waals surface area contributed by atoms with Crippen LogP contribution in [0.15, 0.2) is 36.4 Å². The standard InChI is InChI=1S/C39H54N6O9S/c1-8-24-19-23(2)13-9-10-14-25-21-39(25,35(48)44-55(50,51)38(6)17-18-38)41-31(46)29-20-26(22-45(29)34(47)30(24)40-36(49)54-37(3,4)5)53-33-28-16-12-11-15-27(28)32(52-7)42-43-33/h10-12,14-16,23-26,29-30H,8-9,13,17-22H2,1-7H3,(H,40,49)(H,41,46)(H,44,48)/b14-10-/t23-,24-,25?,26-,29+,30+,39-/m1/s1/i3D3,4D3. The minimum absolute atomic E-state index is 0.0494. The fraction of sp³-hybridized carbons (Fsp3) is 0.641. The lowest BCUT2D eigenvalue weighted by Gasteiger charge is -2.34. The number of carbonyl (C=O) groups excluding carboxylic acids is 4. The molecule has 1 aromatic heterocycles. The SMILES string of the molecule is [2H]C([2H])([2H])C(C)(OC(=O)N[C@@H]1C(=O)N2C[C@H](Oc3nnc(OC)c4ccccc34)C[C@H]2C(=O)N[C@]2(C(=O)NS(=O)(=O)C3(C)CC3)CC2/C=C\CC[C@@H](C)C[C@H]1CC)C([2H])([2H])[2H]. The van der Waals surface area contributed by atoms with Gasteiger partial charge in [0, 0.05) is 20.6 Å². The van der Waals surface area contributed by atoms with E-state index in [2.05, 4.69) is 25.6 Å². The fourth-order valence-electron chi connectivity index (χ4n) is 7.61. The third-order valence-electron chi connectivity index (χ3n) is 11.3. The molecule has 3 fully saturated rings. The number of allylic oxidation sites excluding steroid dienone is 1. The number of alkyl carbamates (subject to hydrolysis) is 1. The number of rotatable bonds is 8. The summed E-state index contributed by atoms with van der Waals surface area (Å²) in [6.07, 6.45) is 3.82. The number of nitrogens with one attached hydrogen (secondary N) is 3. The monoisotopic (exact) mass is 788 g/mol. The fourth-order valence-corrected chi connectivity index (χ4v) is 8.92. The van der Waals surface area contributed by atoms with Gasteiger partial charge in [0.15, 0.2) is 0 Å². The maximum Gasteiger partial charge on any atom is 0.408 e. The quantitative estimate of drug-likeness (QED) is 0.325. The van der Waals surface area contributed by atoms with Gasteiger partial charge in [-0.1, -0.05) is 44.6 Å². The zero-order valence-electron chi connectivity index (χ0n) is 37.7. The summed E-state index contributed by atoms with van der Waals surface area (Å²) in [6.45, 7) is -0.744. The van der Waals surface area contributed by atoms with Crippen molar-refractivity contribution in [2.45, 2.75) is 127 Å². The van der Waals surface area contributed by atoms with E-state index in [1.54, 1.807) is 37.3 Å².